The lowest BCUT2D eigenvalue weighted by atomic mass is 10.1. The standard InChI is InChI=1S/C11H9F3N4OS/c12-11(13,14)7-3-1-2-4-8(7)17-9(19)5-20-10-15-6-16-18-10/h1-4,6H,5H2,(H,17,19)(H,15,16,18). The Hall–Kier alpha value is -2.03. The van der Waals surface area contributed by atoms with Gasteiger partial charge >= 0.3 is 6.18 Å². The molecule has 20 heavy (non-hydrogen) atoms. The molecule has 1 heterocycles. The van der Waals surface area contributed by atoms with E-state index in [0.29, 0.717) is 5.16 Å². The van der Waals surface area contributed by atoms with E-state index >= 15 is 0 Å². The molecule has 0 radical (unpaired) electrons. The zero-order valence-corrected chi connectivity index (χ0v) is 10.8. The van der Waals surface area contributed by atoms with Crippen molar-refractivity contribution in [3.05, 3.63) is 36.2 Å². The molecule has 0 aliphatic carbocycles. The molecule has 1 aromatic heterocycles. The van der Waals surface area contributed by atoms with E-state index in [2.05, 4.69) is 20.5 Å². The third-order valence-electron chi connectivity index (χ3n) is 2.24. The van der Waals surface area contributed by atoms with Gasteiger partial charge in [-0.15, -0.1) is 0 Å². The van der Waals surface area contributed by atoms with Crippen LogP contribution in [0.4, 0.5) is 18.9 Å². The second kappa shape index (κ2) is 5.95. The highest BCUT2D eigenvalue weighted by molar-refractivity contribution is 7.99. The van der Waals surface area contributed by atoms with Crippen LogP contribution in [0, 0.1) is 0 Å². The number of hydrogen-bond donors (Lipinski definition) is 2. The minimum absolute atomic E-state index is 0.0681. The van der Waals surface area contributed by atoms with Gasteiger partial charge in [-0.05, 0) is 12.1 Å². The number of nitrogens with one attached hydrogen (secondary N) is 2. The molecule has 0 saturated carbocycles. The number of thioether (sulfide) groups is 1. The maximum Gasteiger partial charge on any atom is 0.418 e. The predicted molar refractivity (Wildman–Crippen MR) is 67.2 cm³/mol. The van der Waals surface area contributed by atoms with E-state index in [1.54, 1.807) is 0 Å². The number of alkyl halides is 3. The van der Waals surface area contributed by atoms with Gasteiger partial charge in [-0.3, -0.25) is 9.89 Å². The van der Waals surface area contributed by atoms with E-state index in [4.69, 9.17) is 0 Å². The first-order valence-corrected chi connectivity index (χ1v) is 6.39. The highest BCUT2D eigenvalue weighted by Gasteiger charge is 2.33. The van der Waals surface area contributed by atoms with Crippen LogP contribution in [0.25, 0.3) is 0 Å². The predicted octanol–water partition coefficient (Wildman–Crippen LogP) is 2.55. The molecule has 0 aliphatic heterocycles. The second-order valence-corrected chi connectivity index (χ2v) is 4.63. The normalized spacial score (nSPS) is 11.3. The molecule has 0 unspecified atom stereocenters. The fourth-order valence-corrected chi connectivity index (χ4v) is 2.00. The molecule has 2 N–H and O–H groups in total. The monoisotopic (exact) mass is 302 g/mol. The summed E-state index contributed by atoms with van der Waals surface area (Å²) in [7, 11) is 0. The average molecular weight is 302 g/mol. The zero-order valence-electron chi connectivity index (χ0n) is 9.94. The van der Waals surface area contributed by atoms with Gasteiger partial charge in [0, 0.05) is 0 Å². The number of amides is 1. The quantitative estimate of drug-likeness (QED) is 0.852. The topological polar surface area (TPSA) is 70.7 Å². The maximum absolute atomic E-state index is 12.7. The van der Waals surface area contributed by atoms with Crippen LogP contribution in [0.5, 0.6) is 0 Å². The molecule has 0 aliphatic rings. The van der Waals surface area contributed by atoms with Crippen LogP contribution >= 0.6 is 11.8 Å². The summed E-state index contributed by atoms with van der Waals surface area (Å²) < 4.78 is 38.2. The fourth-order valence-electron chi connectivity index (χ4n) is 1.42. The molecular weight excluding hydrogens is 293 g/mol. The van der Waals surface area contributed by atoms with Crippen LogP contribution in [0.15, 0.2) is 35.7 Å². The lowest BCUT2D eigenvalue weighted by Gasteiger charge is -2.13. The third-order valence-corrected chi connectivity index (χ3v) is 3.12. The third kappa shape index (κ3) is 3.73. The molecule has 0 fully saturated rings. The molecule has 2 rings (SSSR count). The molecule has 0 saturated heterocycles. The Balaban J connectivity index is 2.01. The van der Waals surface area contributed by atoms with Crippen molar-refractivity contribution in [2.24, 2.45) is 0 Å². The van der Waals surface area contributed by atoms with E-state index in [-0.39, 0.29) is 11.4 Å². The van der Waals surface area contributed by atoms with Gasteiger partial charge in [-0.2, -0.15) is 18.3 Å². The van der Waals surface area contributed by atoms with Crippen LogP contribution < -0.4 is 5.32 Å². The van der Waals surface area contributed by atoms with Gasteiger partial charge in [0.2, 0.25) is 5.91 Å². The number of aromatic nitrogens is 3. The number of nitrogens with zero attached hydrogens (tertiary/aromatic N) is 2. The zero-order chi connectivity index (χ0) is 14.6. The van der Waals surface area contributed by atoms with Gasteiger partial charge in [-0.1, -0.05) is 23.9 Å². The van der Waals surface area contributed by atoms with Crippen molar-refractivity contribution in [1.29, 1.82) is 0 Å². The second-order valence-electron chi connectivity index (χ2n) is 3.67. The number of H-pyrrole nitrogens is 1. The van der Waals surface area contributed by atoms with Crippen molar-refractivity contribution in [3.8, 4) is 0 Å². The van der Waals surface area contributed by atoms with Gasteiger partial charge < -0.3 is 5.32 Å². The summed E-state index contributed by atoms with van der Waals surface area (Å²) in [6.07, 6.45) is -3.23. The summed E-state index contributed by atoms with van der Waals surface area (Å²) in [6.45, 7) is 0. The lowest BCUT2D eigenvalue weighted by Crippen LogP contribution is -2.18. The molecule has 9 heteroatoms. The van der Waals surface area contributed by atoms with Gasteiger partial charge in [0.05, 0.1) is 17.0 Å². The average Bonchev–Trinajstić information content (AvgIpc) is 2.89. The van der Waals surface area contributed by atoms with Crippen molar-refractivity contribution in [3.63, 3.8) is 0 Å². The van der Waals surface area contributed by atoms with Gasteiger partial charge in [0.15, 0.2) is 5.16 Å². The first kappa shape index (κ1) is 14.4. The Morgan fingerprint density at radius 3 is 2.75 bits per heavy atom. The Labute approximate surface area is 116 Å². The Morgan fingerprint density at radius 2 is 2.10 bits per heavy atom. The van der Waals surface area contributed by atoms with E-state index in [1.807, 2.05) is 0 Å². The molecule has 0 spiro atoms. The van der Waals surface area contributed by atoms with Crippen LogP contribution in [0.3, 0.4) is 0 Å². The first-order chi connectivity index (χ1) is 9.47. The molecule has 0 atom stereocenters. The minimum Gasteiger partial charge on any atom is -0.325 e. The van der Waals surface area contributed by atoms with Crippen molar-refractivity contribution in [2.75, 3.05) is 11.1 Å². The number of benzene rings is 1. The van der Waals surface area contributed by atoms with Gasteiger partial charge in [0.25, 0.3) is 0 Å². The summed E-state index contributed by atoms with van der Waals surface area (Å²) in [4.78, 5) is 15.4. The van der Waals surface area contributed by atoms with E-state index in [0.717, 1.165) is 17.8 Å². The Morgan fingerprint density at radius 1 is 1.35 bits per heavy atom. The molecule has 2 aromatic rings. The number of anilines is 1. The SMILES string of the molecule is O=C(CSc1ncn[nH]1)Nc1ccccc1C(F)(F)F. The number of para-hydroxylation sites is 1. The maximum atomic E-state index is 12.7. The number of halogens is 3. The summed E-state index contributed by atoms with van der Waals surface area (Å²) in [5.74, 6) is -0.621. The largest absolute Gasteiger partial charge is 0.418 e. The number of carbonyl (C=O) groups excluding carboxylic acids is 1. The van der Waals surface area contributed by atoms with Crippen LogP contribution in [0.2, 0.25) is 0 Å². The minimum atomic E-state index is -4.51. The molecule has 1 aromatic carbocycles. The fraction of sp³-hybridized carbons (Fsp3) is 0.182. The van der Waals surface area contributed by atoms with Gasteiger partial charge in [0.1, 0.15) is 6.33 Å². The Kier molecular flexibility index (Phi) is 4.28. The molecule has 106 valence electrons. The highest BCUT2D eigenvalue weighted by Crippen LogP contribution is 2.34. The number of rotatable bonds is 4. The van der Waals surface area contributed by atoms with Crippen molar-refractivity contribution in [2.45, 2.75) is 11.3 Å². The van der Waals surface area contributed by atoms with Gasteiger partial charge in [-0.25, -0.2) is 4.98 Å². The van der Waals surface area contributed by atoms with E-state index in [9.17, 15) is 18.0 Å². The molecule has 0 bridgehead atoms. The van der Waals surface area contributed by atoms with Crippen LogP contribution in [0.1, 0.15) is 5.56 Å². The number of hydrogen-bond acceptors (Lipinski definition) is 4. The van der Waals surface area contributed by atoms with Crippen LogP contribution in [-0.4, -0.2) is 26.8 Å². The van der Waals surface area contributed by atoms with Crippen molar-refractivity contribution in [1.82, 2.24) is 15.2 Å². The first-order valence-electron chi connectivity index (χ1n) is 5.41. The molecule has 5 nitrogen and oxygen atoms in total. The number of carbonyl (C=O) groups is 1. The summed E-state index contributed by atoms with van der Waals surface area (Å²) in [5.41, 5.74) is -1.14. The van der Waals surface area contributed by atoms with Crippen LogP contribution in [-0.2, 0) is 11.0 Å². The molecule has 1 amide bonds. The summed E-state index contributed by atoms with van der Waals surface area (Å²) in [5, 5.41) is 8.79. The lowest BCUT2D eigenvalue weighted by molar-refractivity contribution is -0.137. The highest BCUT2D eigenvalue weighted by atomic mass is 32.2. The number of aromatic amines is 1. The molecular formula is C11H9F3N4OS. The van der Waals surface area contributed by atoms with Crippen molar-refractivity contribution >= 4 is 23.4 Å². The summed E-state index contributed by atoms with van der Waals surface area (Å²) in [6, 6.07) is 4.81. The smallest absolute Gasteiger partial charge is 0.325 e. The van der Waals surface area contributed by atoms with E-state index < -0.39 is 17.6 Å². The Bertz CT molecular complexity index is 586. The van der Waals surface area contributed by atoms with E-state index in [1.165, 1.54) is 24.5 Å². The van der Waals surface area contributed by atoms with Crippen molar-refractivity contribution < 1.29 is 18.0 Å². The summed E-state index contributed by atoms with van der Waals surface area (Å²) >= 11 is 1.05.